The molecule has 1 N–H and O–H groups in total. The molecule has 4 rings (SSSR count). The summed E-state index contributed by atoms with van der Waals surface area (Å²) in [6.07, 6.45) is 4.81. The minimum absolute atomic E-state index is 0.0142. The second kappa shape index (κ2) is 4.59. The Kier molecular flexibility index (Phi) is 2.73. The number of thiophene rings is 1. The monoisotopic (exact) mass is 285 g/mol. The molecule has 0 unspecified atom stereocenters. The van der Waals surface area contributed by atoms with Crippen LogP contribution in [0.3, 0.4) is 0 Å². The van der Waals surface area contributed by atoms with E-state index in [0.29, 0.717) is 5.92 Å². The van der Waals surface area contributed by atoms with Crippen molar-refractivity contribution in [1.29, 1.82) is 0 Å². The Morgan fingerprint density at radius 2 is 2.15 bits per heavy atom. The Morgan fingerprint density at radius 3 is 2.90 bits per heavy atom. The molecule has 102 valence electrons. The van der Waals surface area contributed by atoms with Crippen molar-refractivity contribution in [2.45, 2.75) is 31.6 Å². The van der Waals surface area contributed by atoms with Gasteiger partial charge in [0.25, 0.3) is 5.56 Å². The highest BCUT2D eigenvalue weighted by atomic mass is 32.1. The van der Waals surface area contributed by atoms with Gasteiger partial charge in [0, 0.05) is 18.1 Å². The zero-order valence-electron chi connectivity index (χ0n) is 11.0. The van der Waals surface area contributed by atoms with E-state index in [1.165, 1.54) is 17.4 Å². The fourth-order valence-corrected chi connectivity index (χ4v) is 3.69. The van der Waals surface area contributed by atoms with Crippen LogP contribution in [0.1, 0.15) is 37.3 Å². The topological polar surface area (TPSA) is 50.2 Å². The first kappa shape index (κ1) is 11.9. The number of H-pyrrole nitrogens is 1. The molecule has 3 heterocycles. The van der Waals surface area contributed by atoms with Gasteiger partial charge in [0.05, 0.1) is 16.3 Å². The molecule has 5 heteroatoms. The maximum Gasteiger partial charge on any atom is 0.272 e. The van der Waals surface area contributed by atoms with E-state index in [9.17, 15) is 4.79 Å². The molecule has 0 saturated heterocycles. The molecule has 0 amide bonds. The van der Waals surface area contributed by atoms with E-state index in [0.717, 1.165) is 34.8 Å². The fraction of sp³-hybridized carbons (Fsp3) is 0.333. The van der Waals surface area contributed by atoms with Crippen LogP contribution in [0.25, 0.3) is 16.2 Å². The van der Waals surface area contributed by atoms with Crippen molar-refractivity contribution in [1.82, 2.24) is 14.6 Å². The molecule has 1 aliphatic rings. The van der Waals surface area contributed by atoms with Gasteiger partial charge in [-0.2, -0.15) is 0 Å². The van der Waals surface area contributed by atoms with Gasteiger partial charge < -0.3 is 0 Å². The van der Waals surface area contributed by atoms with Crippen LogP contribution < -0.4 is 5.56 Å². The highest BCUT2D eigenvalue weighted by Crippen LogP contribution is 2.32. The van der Waals surface area contributed by atoms with E-state index in [2.05, 4.69) is 10.1 Å². The second-order valence-corrected chi connectivity index (χ2v) is 6.29. The van der Waals surface area contributed by atoms with Crippen LogP contribution in [0.4, 0.5) is 0 Å². The molecule has 0 atom stereocenters. The van der Waals surface area contributed by atoms with Crippen LogP contribution in [0.15, 0.2) is 34.4 Å². The maximum atomic E-state index is 12.2. The molecule has 3 aromatic rings. The maximum absolute atomic E-state index is 12.2. The van der Waals surface area contributed by atoms with Gasteiger partial charge in [-0.1, -0.05) is 18.9 Å². The summed E-state index contributed by atoms with van der Waals surface area (Å²) in [7, 11) is 0. The second-order valence-electron chi connectivity index (χ2n) is 5.34. The summed E-state index contributed by atoms with van der Waals surface area (Å²) >= 11 is 1.65. The van der Waals surface area contributed by atoms with E-state index in [4.69, 9.17) is 0 Å². The molecule has 3 aromatic heterocycles. The number of nitrogens with one attached hydrogen (secondary N) is 1. The van der Waals surface area contributed by atoms with Crippen molar-refractivity contribution < 1.29 is 0 Å². The quantitative estimate of drug-likeness (QED) is 0.784. The van der Waals surface area contributed by atoms with E-state index in [1.807, 2.05) is 23.6 Å². The summed E-state index contributed by atoms with van der Waals surface area (Å²) in [5.74, 6) is 0.466. The Morgan fingerprint density at radius 1 is 1.30 bits per heavy atom. The zero-order chi connectivity index (χ0) is 13.5. The van der Waals surface area contributed by atoms with Crippen LogP contribution in [0, 0.1) is 0 Å². The summed E-state index contributed by atoms with van der Waals surface area (Å²) < 4.78 is 1.54. The van der Waals surface area contributed by atoms with E-state index < -0.39 is 0 Å². The Bertz CT molecular complexity index is 794. The lowest BCUT2D eigenvalue weighted by molar-refractivity contribution is 0.691. The number of hydrogen-bond donors (Lipinski definition) is 1. The Hall–Kier alpha value is -1.88. The number of rotatable bonds is 2. The van der Waals surface area contributed by atoms with Crippen molar-refractivity contribution in [3.63, 3.8) is 0 Å². The Labute approximate surface area is 120 Å². The van der Waals surface area contributed by atoms with Gasteiger partial charge in [-0.05, 0) is 24.3 Å². The van der Waals surface area contributed by atoms with Gasteiger partial charge in [0.2, 0.25) is 0 Å². The lowest BCUT2D eigenvalue weighted by Gasteiger charge is -2.07. The van der Waals surface area contributed by atoms with Crippen LogP contribution in [-0.4, -0.2) is 14.6 Å². The third-order valence-electron chi connectivity index (χ3n) is 4.03. The Balaban J connectivity index is 1.85. The molecule has 0 aromatic carbocycles. The highest BCUT2D eigenvalue weighted by molar-refractivity contribution is 7.13. The number of fused-ring (bicyclic) bond motifs is 1. The average molecular weight is 285 g/mol. The largest absolute Gasteiger partial charge is 0.288 e. The minimum atomic E-state index is -0.0142. The van der Waals surface area contributed by atoms with Crippen molar-refractivity contribution >= 4 is 17.0 Å². The standard InChI is InChI=1S/C15H15N3OS/c19-15-9-11(10-4-1-2-5-10)16-14-8-12(17-18(14)15)13-6-3-7-20-13/h3,6-10,17H,1-2,4-5H2. The lowest BCUT2D eigenvalue weighted by Crippen LogP contribution is -2.16. The lowest BCUT2D eigenvalue weighted by atomic mass is 10.0. The van der Waals surface area contributed by atoms with Crippen molar-refractivity contribution in [2.24, 2.45) is 0 Å². The van der Waals surface area contributed by atoms with Crippen molar-refractivity contribution in [2.75, 3.05) is 0 Å². The minimum Gasteiger partial charge on any atom is -0.288 e. The van der Waals surface area contributed by atoms with E-state index in [-0.39, 0.29) is 5.56 Å². The van der Waals surface area contributed by atoms with Gasteiger partial charge in [-0.3, -0.25) is 9.89 Å². The molecule has 4 nitrogen and oxygen atoms in total. The molecule has 0 bridgehead atoms. The summed E-state index contributed by atoms with van der Waals surface area (Å²) in [6.45, 7) is 0. The molecule has 1 saturated carbocycles. The van der Waals surface area contributed by atoms with Gasteiger partial charge in [0.15, 0.2) is 5.65 Å². The number of nitrogens with zero attached hydrogens (tertiary/aromatic N) is 2. The van der Waals surface area contributed by atoms with Crippen LogP contribution in [-0.2, 0) is 0 Å². The van der Waals surface area contributed by atoms with E-state index in [1.54, 1.807) is 17.4 Å². The normalized spacial score (nSPS) is 16.2. The van der Waals surface area contributed by atoms with Gasteiger partial charge in [-0.25, -0.2) is 9.50 Å². The smallest absolute Gasteiger partial charge is 0.272 e. The molecule has 0 aliphatic heterocycles. The van der Waals surface area contributed by atoms with Crippen molar-refractivity contribution in [3.05, 3.63) is 45.7 Å². The third-order valence-corrected chi connectivity index (χ3v) is 4.93. The summed E-state index contributed by atoms with van der Waals surface area (Å²) in [5, 5.41) is 5.16. The summed E-state index contributed by atoms with van der Waals surface area (Å²) in [6, 6.07) is 7.70. The number of aromatic nitrogens is 3. The molecular weight excluding hydrogens is 270 g/mol. The van der Waals surface area contributed by atoms with Gasteiger partial charge in [0.1, 0.15) is 0 Å². The predicted molar refractivity (Wildman–Crippen MR) is 80.3 cm³/mol. The van der Waals surface area contributed by atoms with Gasteiger partial charge >= 0.3 is 0 Å². The molecule has 1 fully saturated rings. The number of hydrogen-bond acceptors (Lipinski definition) is 3. The first-order valence-corrected chi connectivity index (χ1v) is 7.86. The first-order chi connectivity index (χ1) is 9.81. The average Bonchev–Trinajstić information content (AvgIpc) is 3.19. The molecule has 1 aliphatic carbocycles. The van der Waals surface area contributed by atoms with E-state index >= 15 is 0 Å². The number of aromatic amines is 1. The van der Waals surface area contributed by atoms with Crippen molar-refractivity contribution in [3.8, 4) is 10.6 Å². The molecule has 0 radical (unpaired) electrons. The third kappa shape index (κ3) is 1.89. The summed E-state index contributed by atoms with van der Waals surface area (Å²) in [5.41, 5.74) is 2.62. The van der Waals surface area contributed by atoms with Crippen LogP contribution >= 0.6 is 11.3 Å². The van der Waals surface area contributed by atoms with Crippen LogP contribution in [0.2, 0.25) is 0 Å². The highest BCUT2D eigenvalue weighted by Gasteiger charge is 2.20. The SMILES string of the molecule is O=c1cc(C2CCCC2)nc2cc(-c3cccs3)[nH]n12. The molecule has 20 heavy (non-hydrogen) atoms. The van der Waals surface area contributed by atoms with Gasteiger partial charge in [-0.15, -0.1) is 11.3 Å². The zero-order valence-corrected chi connectivity index (χ0v) is 11.8. The molecular formula is C15H15N3OS. The van der Waals surface area contributed by atoms with Crippen LogP contribution in [0.5, 0.6) is 0 Å². The molecule has 0 spiro atoms. The predicted octanol–water partition coefficient (Wildman–Crippen LogP) is 3.41. The summed E-state index contributed by atoms with van der Waals surface area (Å²) in [4.78, 5) is 18.0. The fourth-order valence-electron chi connectivity index (χ4n) is 3.00. The first-order valence-electron chi connectivity index (χ1n) is 6.98.